The third kappa shape index (κ3) is 2.59. The van der Waals surface area contributed by atoms with Crippen LogP contribution >= 0.6 is 11.3 Å². The van der Waals surface area contributed by atoms with Gasteiger partial charge < -0.3 is 5.73 Å². The number of thiazole rings is 1. The summed E-state index contributed by atoms with van der Waals surface area (Å²) in [6, 6.07) is 1.97. The normalized spacial score (nSPS) is 23.4. The lowest BCUT2D eigenvalue weighted by Gasteiger charge is -2.14. The average Bonchev–Trinajstić information content (AvgIpc) is 3.06. The van der Waals surface area contributed by atoms with Crippen molar-refractivity contribution in [1.29, 1.82) is 0 Å². The minimum atomic E-state index is 0.200. The first-order chi connectivity index (χ1) is 9.43. The third-order valence-corrected chi connectivity index (χ3v) is 5.69. The maximum Gasteiger partial charge on any atom is 0.145 e. The van der Waals surface area contributed by atoms with Crippen molar-refractivity contribution in [2.75, 3.05) is 5.73 Å². The van der Waals surface area contributed by atoms with Gasteiger partial charge in [-0.25, -0.2) is 4.98 Å². The zero-order chi connectivity index (χ0) is 14.3. The fourth-order valence-corrected chi connectivity index (χ4v) is 4.00. The molecule has 0 spiro atoms. The Balaban J connectivity index is 1.72. The molecule has 0 amide bonds. The Morgan fingerprint density at radius 2 is 2.05 bits per heavy atom. The van der Waals surface area contributed by atoms with Gasteiger partial charge in [-0.3, -0.25) is 5.10 Å². The molecule has 2 aromatic rings. The molecule has 1 fully saturated rings. The molecule has 2 unspecified atom stereocenters. The third-order valence-electron chi connectivity index (χ3n) is 4.10. The second-order valence-electron chi connectivity index (χ2n) is 6.77. The predicted octanol–water partition coefficient (Wildman–Crippen LogP) is 3.80. The SMILES string of the molecule is CC(C)(C)c1cnc(C2CCC(c3cc(N)n[nH]3)C2)s1. The molecular weight excluding hydrogens is 268 g/mol. The maximum absolute atomic E-state index is 5.69. The van der Waals surface area contributed by atoms with Crippen LogP contribution in [0.25, 0.3) is 0 Å². The van der Waals surface area contributed by atoms with Gasteiger partial charge in [0.15, 0.2) is 0 Å². The Morgan fingerprint density at radius 1 is 1.30 bits per heavy atom. The smallest absolute Gasteiger partial charge is 0.145 e. The number of nitrogens with one attached hydrogen (secondary N) is 1. The molecule has 2 aromatic heterocycles. The molecule has 5 heteroatoms. The lowest BCUT2D eigenvalue weighted by molar-refractivity contribution is 0.602. The Hall–Kier alpha value is -1.36. The molecule has 3 rings (SSSR count). The van der Waals surface area contributed by atoms with Gasteiger partial charge in [-0.1, -0.05) is 20.8 Å². The number of aromatic nitrogens is 3. The molecule has 0 saturated heterocycles. The van der Waals surface area contributed by atoms with Crippen molar-refractivity contribution in [2.24, 2.45) is 0 Å². The van der Waals surface area contributed by atoms with Crippen molar-refractivity contribution >= 4 is 17.2 Å². The van der Waals surface area contributed by atoms with E-state index in [1.807, 2.05) is 17.4 Å². The van der Waals surface area contributed by atoms with Crippen LogP contribution in [0, 0.1) is 0 Å². The summed E-state index contributed by atoms with van der Waals surface area (Å²) in [4.78, 5) is 6.04. The van der Waals surface area contributed by atoms with Gasteiger partial charge in [-0.15, -0.1) is 11.3 Å². The van der Waals surface area contributed by atoms with Crippen LogP contribution in [-0.2, 0) is 5.41 Å². The number of hydrogen-bond donors (Lipinski definition) is 2. The molecule has 0 bridgehead atoms. The van der Waals surface area contributed by atoms with E-state index >= 15 is 0 Å². The molecular formula is C15H22N4S. The quantitative estimate of drug-likeness (QED) is 0.884. The maximum atomic E-state index is 5.69. The first-order valence-corrected chi connectivity index (χ1v) is 8.02. The summed E-state index contributed by atoms with van der Waals surface area (Å²) in [5.74, 6) is 1.73. The van der Waals surface area contributed by atoms with E-state index in [0.29, 0.717) is 17.7 Å². The molecule has 108 valence electrons. The highest BCUT2D eigenvalue weighted by Gasteiger charge is 2.30. The second-order valence-corrected chi connectivity index (χ2v) is 7.83. The summed E-state index contributed by atoms with van der Waals surface area (Å²) in [5, 5.41) is 8.39. The second kappa shape index (κ2) is 4.88. The summed E-state index contributed by atoms with van der Waals surface area (Å²) in [6.45, 7) is 6.74. The van der Waals surface area contributed by atoms with E-state index in [9.17, 15) is 0 Å². The lowest BCUT2D eigenvalue weighted by Crippen LogP contribution is -2.07. The average molecular weight is 290 g/mol. The highest BCUT2D eigenvalue weighted by molar-refractivity contribution is 7.11. The number of nitrogens with two attached hydrogens (primary N) is 1. The monoisotopic (exact) mass is 290 g/mol. The number of H-pyrrole nitrogens is 1. The molecule has 1 aliphatic rings. The van der Waals surface area contributed by atoms with Gasteiger partial charge in [0.05, 0.1) is 5.01 Å². The molecule has 1 saturated carbocycles. The van der Waals surface area contributed by atoms with Crippen LogP contribution in [0.3, 0.4) is 0 Å². The lowest BCUT2D eigenvalue weighted by atomic mass is 9.96. The largest absolute Gasteiger partial charge is 0.382 e. The van der Waals surface area contributed by atoms with Gasteiger partial charge in [0.1, 0.15) is 5.82 Å². The number of nitrogens with zero attached hydrogens (tertiary/aromatic N) is 2. The fraction of sp³-hybridized carbons (Fsp3) is 0.600. The van der Waals surface area contributed by atoms with Gasteiger partial charge in [0, 0.05) is 34.7 Å². The van der Waals surface area contributed by atoms with Crippen LogP contribution in [0.15, 0.2) is 12.3 Å². The van der Waals surface area contributed by atoms with Crippen LogP contribution in [0.4, 0.5) is 5.82 Å². The van der Waals surface area contributed by atoms with Crippen LogP contribution < -0.4 is 5.73 Å². The minimum Gasteiger partial charge on any atom is -0.382 e. The zero-order valence-corrected chi connectivity index (χ0v) is 13.1. The number of rotatable bonds is 2. The van der Waals surface area contributed by atoms with Crippen LogP contribution in [-0.4, -0.2) is 15.2 Å². The van der Waals surface area contributed by atoms with Gasteiger partial charge in [-0.2, -0.15) is 5.10 Å². The standard InChI is InChI=1S/C15H22N4S/c1-15(2,3)12-8-17-14(20-12)10-5-4-9(6-10)11-7-13(16)19-18-11/h7-10H,4-6H2,1-3H3,(H3,16,18,19). The molecule has 2 atom stereocenters. The Labute approximate surface area is 123 Å². The summed E-state index contributed by atoms with van der Waals surface area (Å²) in [7, 11) is 0. The predicted molar refractivity (Wildman–Crippen MR) is 83.1 cm³/mol. The highest BCUT2D eigenvalue weighted by atomic mass is 32.1. The zero-order valence-electron chi connectivity index (χ0n) is 12.3. The van der Waals surface area contributed by atoms with Crippen LogP contribution in [0.1, 0.15) is 67.4 Å². The van der Waals surface area contributed by atoms with E-state index in [2.05, 4.69) is 42.1 Å². The molecule has 1 aliphatic carbocycles. The van der Waals surface area contributed by atoms with E-state index in [-0.39, 0.29) is 5.41 Å². The van der Waals surface area contributed by atoms with Crippen molar-refractivity contribution in [3.8, 4) is 0 Å². The van der Waals surface area contributed by atoms with Gasteiger partial charge in [0.25, 0.3) is 0 Å². The van der Waals surface area contributed by atoms with E-state index in [0.717, 1.165) is 6.42 Å². The van der Waals surface area contributed by atoms with Crippen molar-refractivity contribution in [2.45, 2.75) is 57.3 Å². The molecule has 0 radical (unpaired) electrons. The molecule has 20 heavy (non-hydrogen) atoms. The molecule has 3 N–H and O–H groups in total. The summed E-state index contributed by atoms with van der Waals surface area (Å²) >= 11 is 1.88. The molecule has 2 heterocycles. The van der Waals surface area contributed by atoms with Crippen molar-refractivity contribution in [3.63, 3.8) is 0 Å². The Bertz CT molecular complexity index is 593. The summed E-state index contributed by atoms with van der Waals surface area (Å²) in [6.07, 6.45) is 5.61. The number of aromatic amines is 1. The number of anilines is 1. The van der Waals surface area contributed by atoms with Crippen LogP contribution in [0.5, 0.6) is 0 Å². The van der Waals surface area contributed by atoms with E-state index in [1.165, 1.54) is 28.4 Å². The molecule has 0 aromatic carbocycles. The Morgan fingerprint density at radius 3 is 2.65 bits per heavy atom. The first-order valence-electron chi connectivity index (χ1n) is 7.20. The number of nitrogen functional groups attached to an aromatic ring is 1. The van der Waals surface area contributed by atoms with Crippen molar-refractivity contribution < 1.29 is 0 Å². The van der Waals surface area contributed by atoms with Crippen molar-refractivity contribution in [1.82, 2.24) is 15.2 Å². The number of hydrogen-bond acceptors (Lipinski definition) is 4. The van der Waals surface area contributed by atoms with Crippen molar-refractivity contribution in [3.05, 3.63) is 27.8 Å². The minimum absolute atomic E-state index is 0.200. The van der Waals surface area contributed by atoms with Gasteiger partial charge in [0.2, 0.25) is 0 Å². The molecule has 4 nitrogen and oxygen atoms in total. The topological polar surface area (TPSA) is 67.6 Å². The van der Waals surface area contributed by atoms with E-state index in [4.69, 9.17) is 5.73 Å². The van der Waals surface area contributed by atoms with Gasteiger partial charge >= 0.3 is 0 Å². The van der Waals surface area contributed by atoms with E-state index < -0.39 is 0 Å². The van der Waals surface area contributed by atoms with E-state index in [1.54, 1.807) is 0 Å². The van der Waals surface area contributed by atoms with Crippen LogP contribution in [0.2, 0.25) is 0 Å². The fourth-order valence-electron chi connectivity index (χ4n) is 2.87. The molecule has 0 aliphatic heterocycles. The summed E-state index contributed by atoms with van der Waals surface area (Å²) in [5.41, 5.74) is 7.07. The highest BCUT2D eigenvalue weighted by Crippen LogP contribution is 2.45. The van der Waals surface area contributed by atoms with Gasteiger partial charge in [-0.05, 0) is 24.7 Å². The summed E-state index contributed by atoms with van der Waals surface area (Å²) < 4.78 is 0. The first kappa shape index (κ1) is 13.6. The Kier molecular flexibility index (Phi) is 3.32.